The molecule has 2 N–H and O–H groups in total. The number of nitrogens with zero attached hydrogens (tertiary/aromatic N) is 3. The lowest BCUT2D eigenvalue weighted by Gasteiger charge is -2.35. The maximum atomic E-state index is 12.3. The van der Waals surface area contributed by atoms with Crippen LogP contribution >= 0.6 is 11.6 Å². The number of amides is 1. The van der Waals surface area contributed by atoms with Crippen molar-refractivity contribution in [1.82, 2.24) is 14.8 Å². The van der Waals surface area contributed by atoms with E-state index >= 15 is 0 Å². The van der Waals surface area contributed by atoms with Crippen LogP contribution in [0.25, 0.3) is 0 Å². The van der Waals surface area contributed by atoms with Gasteiger partial charge < -0.3 is 14.8 Å². The molecule has 8 heteroatoms. The van der Waals surface area contributed by atoms with Crippen LogP contribution in [0.2, 0.25) is 5.02 Å². The quantitative estimate of drug-likeness (QED) is 0.648. The number of aromatic nitrogens is 1. The highest BCUT2D eigenvalue weighted by atomic mass is 35.5. The third-order valence-corrected chi connectivity index (χ3v) is 5.32. The van der Waals surface area contributed by atoms with Crippen molar-refractivity contribution in [3.8, 4) is 0 Å². The second-order valence-electron chi connectivity index (χ2n) is 7.46. The second-order valence-corrected chi connectivity index (χ2v) is 7.90. The largest absolute Gasteiger partial charge is 0.447 e. The Labute approximate surface area is 176 Å². The predicted octanol–water partition coefficient (Wildman–Crippen LogP) is 3.25. The fraction of sp³-hybridized carbons (Fsp3) is 0.524. The molecule has 1 fully saturated rings. The van der Waals surface area contributed by atoms with Gasteiger partial charge in [0.1, 0.15) is 6.26 Å². The molecule has 1 amide bonds. The number of nitrogens with one attached hydrogen (secondary N) is 1. The highest BCUT2D eigenvalue weighted by molar-refractivity contribution is 6.30. The number of anilines is 1. The number of β-amino-alcohol motifs (C(OH)–C–C–N with tert-alkyl or cyclic N) is 1. The summed E-state index contributed by atoms with van der Waals surface area (Å²) in [6, 6.07) is 6.90. The molecule has 29 heavy (non-hydrogen) atoms. The molecule has 1 atom stereocenters. The van der Waals surface area contributed by atoms with Gasteiger partial charge in [0.15, 0.2) is 5.69 Å². The Morgan fingerprint density at radius 3 is 2.62 bits per heavy atom. The number of carbonyl (C=O) groups excluding carboxylic acids is 1. The molecule has 1 aromatic carbocycles. The SMILES string of the molecule is CCCC[C@@H](O)CN1CCN(Cc2nc(C(=O)Nc3ccc(Cl)cc3)co2)CC1. The smallest absolute Gasteiger partial charge is 0.277 e. The summed E-state index contributed by atoms with van der Waals surface area (Å²) >= 11 is 5.85. The number of hydrogen-bond donors (Lipinski definition) is 2. The van der Waals surface area contributed by atoms with Gasteiger partial charge in [0.25, 0.3) is 5.91 Å². The van der Waals surface area contributed by atoms with E-state index in [4.69, 9.17) is 16.0 Å². The number of hydrogen-bond acceptors (Lipinski definition) is 6. The van der Waals surface area contributed by atoms with E-state index in [1.165, 1.54) is 6.26 Å². The van der Waals surface area contributed by atoms with Gasteiger partial charge in [-0.25, -0.2) is 4.98 Å². The van der Waals surface area contributed by atoms with E-state index in [0.717, 1.165) is 52.0 Å². The number of carbonyl (C=O) groups is 1. The summed E-state index contributed by atoms with van der Waals surface area (Å²) in [6.45, 7) is 7.04. The second kappa shape index (κ2) is 10.7. The Morgan fingerprint density at radius 1 is 1.24 bits per heavy atom. The minimum absolute atomic E-state index is 0.241. The molecule has 2 heterocycles. The van der Waals surface area contributed by atoms with E-state index in [-0.39, 0.29) is 17.7 Å². The molecule has 158 valence electrons. The molecule has 1 aliphatic rings. The van der Waals surface area contributed by atoms with Crippen molar-refractivity contribution in [1.29, 1.82) is 0 Å². The van der Waals surface area contributed by atoms with Crippen molar-refractivity contribution < 1.29 is 14.3 Å². The molecule has 1 saturated heterocycles. The predicted molar refractivity (Wildman–Crippen MR) is 113 cm³/mol. The summed E-state index contributed by atoms with van der Waals surface area (Å²) in [6.07, 6.45) is 4.20. The number of rotatable bonds is 9. The van der Waals surface area contributed by atoms with Gasteiger partial charge in [0.05, 0.1) is 12.6 Å². The van der Waals surface area contributed by atoms with Crippen molar-refractivity contribution in [2.24, 2.45) is 0 Å². The first-order valence-electron chi connectivity index (χ1n) is 10.2. The van der Waals surface area contributed by atoms with Crippen LogP contribution in [0.4, 0.5) is 5.69 Å². The van der Waals surface area contributed by atoms with Crippen LogP contribution in [-0.2, 0) is 6.54 Å². The van der Waals surface area contributed by atoms with Gasteiger partial charge in [-0.2, -0.15) is 0 Å². The molecule has 2 aromatic rings. The van der Waals surface area contributed by atoms with Crippen LogP contribution in [0.5, 0.6) is 0 Å². The van der Waals surface area contributed by atoms with Crippen molar-refractivity contribution in [3.63, 3.8) is 0 Å². The minimum atomic E-state index is -0.312. The van der Waals surface area contributed by atoms with Crippen molar-refractivity contribution in [2.45, 2.75) is 38.8 Å². The maximum Gasteiger partial charge on any atom is 0.277 e. The minimum Gasteiger partial charge on any atom is -0.447 e. The zero-order chi connectivity index (χ0) is 20.6. The van der Waals surface area contributed by atoms with Crippen LogP contribution in [0, 0.1) is 0 Å². The summed E-state index contributed by atoms with van der Waals surface area (Å²) in [4.78, 5) is 21.2. The van der Waals surface area contributed by atoms with Crippen molar-refractivity contribution in [2.75, 3.05) is 38.0 Å². The van der Waals surface area contributed by atoms with E-state index in [2.05, 4.69) is 27.0 Å². The highest BCUT2D eigenvalue weighted by Gasteiger charge is 2.21. The Hall–Kier alpha value is -1.93. The normalized spacial score (nSPS) is 16.7. The molecular weight excluding hydrogens is 392 g/mol. The zero-order valence-electron chi connectivity index (χ0n) is 16.8. The average Bonchev–Trinajstić information content (AvgIpc) is 3.18. The first kappa shape index (κ1) is 21.8. The van der Waals surface area contributed by atoms with Crippen molar-refractivity contribution >= 4 is 23.2 Å². The summed E-state index contributed by atoms with van der Waals surface area (Å²) < 4.78 is 5.49. The third kappa shape index (κ3) is 6.82. The average molecular weight is 421 g/mol. The summed E-state index contributed by atoms with van der Waals surface area (Å²) in [7, 11) is 0. The molecule has 0 bridgehead atoms. The monoisotopic (exact) mass is 420 g/mol. The Balaban J connectivity index is 1.43. The topological polar surface area (TPSA) is 81.8 Å². The molecule has 1 aliphatic heterocycles. The van der Waals surface area contributed by atoms with Gasteiger partial charge in [-0.05, 0) is 30.7 Å². The lowest BCUT2D eigenvalue weighted by atomic mass is 10.1. The first-order valence-corrected chi connectivity index (χ1v) is 10.6. The van der Waals surface area contributed by atoms with Crippen LogP contribution in [0.3, 0.4) is 0 Å². The summed E-state index contributed by atoms with van der Waals surface area (Å²) in [5, 5.41) is 13.5. The molecule has 0 unspecified atom stereocenters. The van der Waals surface area contributed by atoms with Gasteiger partial charge in [-0.1, -0.05) is 31.4 Å². The van der Waals surface area contributed by atoms with Gasteiger partial charge in [-0.15, -0.1) is 0 Å². The zero-order valence-corrected chi connectivity index (χ0v) is 17.6. The fourth-order valence-electron chi connectivity index (χ4n) is 3.37. The fourth-order valence-corrected chi connectivity index (χ4v) is 3.49. The van der Waals surface area contributed by atoms with Crippen LogP contribution in [-0.4, -0.2) is 64.6 Å². The van der Waals surface area contributed by atoms with Gasteiger partial charge in [0.2, 0.25) is 5.89 Å². The summed E-state index contributed by atoms with van der Waals surface area (Å²) in [5.41, 5.74) is 0.911. The molecule has 0 aliphatic carbocycles. The Kier molecular flexibility index (Phi) is 8.06. The number of aliphatic hydroxyl groups is 1. The number of unbranched alkanes of at least 4 members (excludes halogenated alkanes) is 1. The van der Waals surface area contributed by atoms with E-state index in [9.17, 15) is 9.90 Å². The standard InChI is InChI=1S/C21H29ClN4O3/c1-2-3-4-18(27)13-25-9-11-26(12-10-25)14-20-24-19(15-29-20)21(28)23-17-7-5-16(22)6-8-17/h5-8,15,18,27H,2-4,9-14H2,1H3,(H,23,28)/t18-/m1/s1. The molecular formula is C21H29ClN4O3. The number of aliphatic hydroxyl groups excluding tert-OH is 1. The van der Waals surface area contributed by atoms with E-state index in [1.807, 2.05) is 0 Å². The molecule has 7 nitrogen and oxygen atoms in total. The molecule has 1 aromatic heterocycles. The number of benzene rings is 1. The Morgan fingerprint density at radius 2 is 1.93 bits per heavy atom. The van der Waals surface area contributed by atoms with Gasteiger partial charge in [-0.3, -0.25) is 14.6 Å². The molecule has 0 saturated carbocycles. The van der Waals surface area contributed by atoms with Crippen LogP contribution in [0.1, 0.15) is 42.6 Å². The lowest BCUT2D eigenvalue weighted by Crippen LogP contribution is -2.48. The third-order valence-electron chi connectivity index (χ3n) is 5.07. The highest BCUT2D eigenvalue weighted by Crippen LogP contribution is 2.15. The molecule has 0 radical (unpaired) electrons. The number of piperazine rings is 1. The summed E-state index contributed by atoms with van der Waals surface area (Å²) in [5.74, 6) is 0.218. The van der Waals surface area contributed by atoms with E-state index in [0.29, 0.717) is 23.1 Å². The Bertz CT molecular complexity index is 772. The van der Waals surface area contributed by atoms with Crippen molar-refractivity contribution in [3.05, 3.63) is 47.1 Å². The first-order chi connectivity index (χ1) is 14.0. The van der Waals surface area contributed by atoms with Crippen LogP contribution in [0.15, 0.2) is 34.9 Å². The molecule has 0 spiro atoms. The van der Waals surface area contributed by atoms with E-state index < -0.39 is 0 Å². The maximum absolute atomic E-state index is 12.3. The molecule has 3 rings (SSSR count). The van der Waals surface area contributed by atoms with E-state index in [1.54, 1.807) is 24.3 Å². The lowest BCUT2D eigenvalue weighted by molar-refractivity contribution is 0.0627. The number of oxazole rings is 1. The van der Waals surface area contributed by atoms with Crippen LogP contribution < -0.4 is 5.32 Å². The van der Waals surface area contributed by atoms with Gasteiger partial charge >= 0.3 is 0 Å². The van der Waals surface area contributed by atoms with Gasteiger partial charge in [0, 0.05) is 43.4 Å². The number of halogens is 1.